The van der Waals surface area contributed by atoms with Gasteiger partial charge < -0.3 is 10.2 Å². The van der Waals surface area contributed by atoms with Crippen LogP contribution in [-0.2, 0) is 11.3 Å². The van der Waals surface area contributed by atoms with E-state index in [9.17, 15) is 9.59 Å². The Morgan fingerprint density at radius 1 is 1.14 bits per heavy atom. The number of amides is 2. The molecule has 0 aliphatic carbocycles. The van der Waals surface area contributed by atoms with Gasteiger partial charge in [0.25, 0.3) is 5.91 Å². The molecule has 2 amide bonds. The van der Waals surface area contributed by atoms with Crippen molar-refractivity contribution < 1.29 is 9.59 Å². The summed E-state index contributed by atoms with van der Waals surface area (Å²) in [5.41, 5.74) is 1.55. The van der Waals surface area contributed by atoms with E-state index in [2.05, 4.69) is 10.3 Å². The number of benzene rings is 2. The van der Waals surface area contributed by atoms with Crippen molar-refractivity contribution in [3.8, 4) is 0 Å². The van der Waals surface area contributed by atoms with Gasteiger partial charge in [-0.2, -0.15) is 0 Å². The monoisotopic (exact) mass is 393 g/mol. The van der Waals surface area contributed by atoms with Gasteiger partial charge in [0, 0.05) is 53.9 Å². The lowest BCUT2D eigenvalue weighted by Gasteiger charge is -2.26. The molecule has 1 fully saturated rings. The van der Waals surface area contributed by atoms with Gasteiger partial charge in [-0.3, -0.25) is 14.6 Å². The van der Waals surface area contributed by atoms with Crippen LogP contribution in [0.1, 0.15) is 28.8 Å². The number of hydrogen-bond acceptors (Lipinski definition) is 3. The van der Waals surface area contributed by atoms with Crippen LogP contribution in [0.2, 0.25) is 5.02 Å². The smallest absolute Gasteiger partial charge is 0.254 e. The molecule has 6 heteroatoms. The molecule has 2 heterocycles. The lowest BCUT2D eigenvalue weighted by atomic mass is 10.0. The maximum Gasteiger partial charge on any atom is 0.254 e. The molecule has 0 unspecified atom stereocenters. The number of hydrogen-bond donors (Lipinski definition) is 1. The third-order valence-corrected chi connectivity index (χ3v) is 5.34. The number of nitrogens with one attached hydrogen (secondary N) is 1. The summed E-state index contributed by atoms with van der Waals surface area (Å²) in [5, 5.41) is 5.25. The highest BCUT2D eigenvalue weighted by Crippen LogP contribution is 2.27. The summed E-state index contributed by atoms with van der Waals surface area (Å²) in [4.78, 5) is 31.0. The minimum atomic E-state index is -0.0853. The highest BCUT2D eigenvalue weighted by atomic mass is 35.5. The molecule has 0 radical (unpaired) electrons. The largest absolute Gasteiger partial charge is 0.352 e. The highest BCUT2D eigenvalue weighted by Gasteiger charge is 2.27. The van der Waals surface area contributed by atoms with Crippen LogP contribution in [0, 0.1) is 0 Å². The second kappa shape index (κ2) is 7.98. The number of fused-ring (bicyclic) bond motifs is 1. The summed E-state index contributed by atoms with van der Waals surface area (Å²) in [7, 11) is 0. The van der Waals surface area contributed by atoms with Crippen LogP contribution in [0.5, 0.6) is 0 Å². The lowest BCUT2D eigenvalue weighted by Crippen LogP contribution is -2.41. The van der Waals surface area contributed by atoms with Crippen molar-refractivity contribution in [1.82, 2.24) is 15.2 Å². The Bertz CT molecular complexity index is 1020. The normalized spacial score (nSPS) is 16.2. The minimum Gasteiger partial charge on any atom is -0.352 e. The van der Waals surface area contributed by atoms with Gasteiger partial charge in [0.15, 0.2) is 0 Å². The fourth-order valence-electron chi connectivity index (χ4n) is 3.64. The molecule has 1 saturated heterocycles. The van der Waals surface area contributed by atoms with Gasteiger partial charge in [0.05, 0.1) is 0 Å². The van der Waals surface area contributed by atoms with Crippen molar-refractivity contribution in [2.75, 3.05) is 6.54 Å². The van der Waals surface area contributed by atoms with Gasteiger partial charge in [-0.05, 0) is 35.6 Å². The number of halogens is 1. The predicted molar refractivity (Wildman–Crippen MR) is 109 cm³/mol. The fraction of sp³-hybridized carbons (Fsp3) is 0.227. The van der Waals surface area contributed by atoms with Crippen molar-refractivity contribution in [3.63, 3.8) is 0 Å². The number of nitrogens with zero attached hydrogens (tertiary/aromatic N) is 2. The zero-order chi connectivity index (χ0) is 19.5. The lowest BCUT2D eigenvalue weighted by molar-refractivity contribution is -0.119. The zero-order valence-corrected chi connectivity index (χ0v) is 16.0. The third-order valence-electron chi connectivity index (χ3n) is 5.01. The number of carbonyl (C=O) groups excluding carboxylic acids is 2. The number of pyridine rings is 1. The summed E-state index contributed by atoms with van der Waals surface area (Å²) in [6.07, 6.45) is 4.70. The average molecular weight is 394 g/mol. The second-order valence-corrected chi connectivity index (χ2v) is 7.40. The molecule has 1 atom stereocenters. The van der Waals surface area contributed by atoms with Crippen LogP contribution in [-0.4, -0.2) is 34.3 Å². The van der Waals surface area contributed by atoms with Crippen LogP contribution in [0.25, 0.3) is 10.8 Å². The van der Waals surface area contributed by atoms with E-state index >= 15 is 0 Å². The molecular weight excluding hydrogens is 374 g/mol. The predicted octanol–water partition coefficient (Wildman–Crippen LogP) is 3.81. The van der Waals surface area contributed by atoms with Crippen LogP contribution in [0.4, 0.5) is 0 Å². The molecule has 4 rings (SSSR count). The first-order valence-electron chi connectivity index (χ1n) is 9.26. The molecule has 0 bridgehead atoms. The highest BCUT2D eigenvalue weighted by molar-refractivity contribution is 6.36. The molecule has 1 aliphatic rings. The van der Waals surface area contributed by atoms with Gasteiger partial charge >= 0.3 is 0 Å². The van der Waals surface area contributed by atoms with Crippen molar-refractivity contribution in [3.05, 3.63) is 77.1 Å². The molecule has 0 spiro atoms. The Balaban J connectivity index is 1.68. The first-order chi connectivity index (χ1) is 13.6. The number of aromatic nitrogens is 1. The van der Waals surface area contributed by atoms with Gasteiger partial charge in [-0.25, -0.2) is 0 Å². The summed E-state index contributed by atoms with van der Waals surface area (Å²) < 4.78 is 0. The summed E-state index contributed by atoms with van der Waals surface area (Å²) in [6, 6.07) is 14.9. The Morgan fingerprint density at radius 2 is 1.96 bits per heavy atom. The Labute approximate surface area is 168 Å². The maximum atomic E-state index is 13.5. The van der Waals surface area contributed by atoms with E-state index in [0.29, 0.717) is 30.1 Å². The van der Waals surface area contributed by atoms with Gasteiger partial charge in [0.1, 0.15) is 0 Å². The van der Waals surface area contributed by atoms with Gasteiger partial charge in [0.2, 0.25) is 5.91 Å². The van der Waals surface area contributed by atoms with E-state index < -0.39 is 0 Å². The first kappa shape index (κ1) is 18.4. The molecule has 1 aliphatic heterocycles. The van der Waals surface area contributed by atoms with Crippen molar-refractivity contribution >= 4 is 34.2 Å². The average Bonchev–Trinajstić information content (AvgIpc) is 3.12. The Morgan fingerprint density at radius 3 is 2.71 bits per heavy atom. The summed E-state index contributed by atoms with van der Waals surface area (Å²) >= 11 is 6.32. The number of carbonyl (C=O) groups is 2. The molecule has 2 aromatic carbocycles. The molecule has 142 valence electrons. The molecule has 1 N–H and O–H groups in total. The maximum absolute atomic E-state index is 13.5. The Kier molecular flexibility index (Phi) is 5.26. The summed E-state index contributed by atoms with van der Waals surface area (Å²) in [6.45, 7) is 0.881. The van der Waals surface area contributed by atoms with E-state index in [-0.39, 0.29) is 17.9 Å². The molecular formula is C22H20ClN3O2. The quantitative estimate of drug-likeness (QED) is 0.717. The van der Waals surface area contributed by atoms with Crippen LogP contribution < -0.4 is 5.32 Å². The van der Waals surface area contributed by atoms with Crippen molar-refractivity contribution in [2.24, 2.45) is 0 Å². The minimum absolute atomic E-state index is 0.0355. The SMILES string of the molecule is O=C1CC[C@@H](CN(Cc2cccnc2)C(=O)c2cccc3c(Cl)cccc23)N1. The molecule has 5 nitrogen and oxygen atoms in total. The summed E-state index contributed by atoms with van der Waals surface area (Å²) in [5.74, 6) is -0.0476. The molecule has 0 saturated carbocycles. The molecule has 28 heavy (non-hydrogen) atoms. The molecule has 1 aromatic heterocycles. The van der Waals surface area contributed by atoms with Crippen LogP contribution >= 0.6 is 11.6 Å². The van der Waals surface area contributed by atoms with E-state index in [1.165, 1.54) is 0 Å². The number of rotatable bonds is 5. The Hall–Kier alpha value is -2.92. The standard InChI is InChI=1S/C22H20ClN3O2/c23-20-8-2-5-17-18(20)6-1-7-19(17)22(28)26(13-15-4-3-11-24-12-15)14-16-9-10-21(27)25-16/h1-8,11-12,16H,9-10,13-14H2,(H,25,27)/t16-/m0/s1. The zero-order valence-electron chi connectivity index (χ0n) is 15.3. The van der Waals surface area contributed by atoms with Gasteiger partial charge in [-0.15, -0.1) is 0 Å². The van der Waals surface area contributed by atoms with Crippen molar-refractivity contribution in [2.45, 2.75) is 25.4 Å². The first-order valence-corrected chi connectivity index (χ1v) is 9.64. The van der Waals surface area contributed by atoms with Crippen LogP contribution in [0.3, 0.4) is 0 Å². The van der Waals surface area contributed by atoms with E-state index in [1.54, 1.807) is 17.3 Å². The van der Waals surface area contributed by atoms with E-state index in [0.717, 1.165) is 22.8 Å². The van der Waals surface area contributed by atoms with Crippen molar-refractivity contribution in [1.29, 1.82) is 0 Å². The van der Waals surface area contributed by atoms with E-state index in [4.69, 9.17) is 11.6 Å². The van der Waals surface area contributed by atoms with E-state index in [1.807, 2.05) is 48.5 Å². The van der Waals surface area contributed by atoms with Gasteiger partial charge in [-0.1, -0.05) is 41.9 Å². The van der Waals surface area contributed by atoms with Crippen LogP contribution in [0.15, 0.2) is 60.9 Å². The third kappa shape index (κ3) is 3.85. The second-order valence-electron chi connectivity index (χ2n) is 6.99. The topological polar surface area (TPSA) is 62.3 Å². The fourth-order valence-corrected chi connectivity index (χ4v) is 3.88. The molecule has 3 aromatic rings.